The average Bonchev–Trinajstić information content (AvgIpc) is 2.94. The summed E-state index contributed by atoms with van der Waals surface area (Å²) in [6.07, 6.45) is 6.65. The number of amides is 3. The molecule has 2 rings (SSSR count). The molecule has 1 saturated heterocycles. The molecule has 0 aromatic carbocycles. The Morgan fingerprint density at radius 1 is 1.54 bits per heavy atom. The molecule has 0 bridgehead atoms. The lowest BCUT2D eigenvalue weighted by Crippen LogP contribution is -2.36. The first kappa shape index (κ1) is 17.8. The van der Waals surface area contributed by atoms with E-state index in [9.17, 15) is 14.4 Å². The van der Waals surface area contributed by atoms with E-state index in [1.807, 2.05) is 13.8 Å². The van der Waals surface area contributed by atoms with Crippen LogP contribution in [0.5, 0.6) is 0 Å². The first-order valence-electron chi connectivity index (χ1n) is 7.20. The number of imide groups is 1. The molecule has 0 spiro atoms. The second-order valence-corrected chi connectivity index (χ2v) is 6.62. The first-order valence-corrected chi connectivity index (χ1v) is 7.58. The SMILES string of the molecule is C#CCN1CC(=O)N(COC(=O)[C@@H]2[C@H](/C=C(/Cl)C#N)C2(C)C)C1=O. The minimum absolute atomic E-state index is 0.0122. The van der Waals surface area contributed by atoms with Gasteiger partial charge in [0.15, 0.2) is 6.73 Å². The van der Waals surface area contributed by atoms with E-state index in [4.69, 9.17) is 28.0 Å². The molecule has 0 N–H and O–H groups in total. The summed E-state index contributed by atoms with van der Waals surface area (Å²) in [4.78, 5) is 38.0. The van der Waals surface area contributed by atoms with Crippen molar-refractivity contribution in [3.05, 3.63) is 11.1 Å². The highest BCUT2D eigenvalue weighted by Gasteiger charge is 2.61. The monoisotopic (exact) mass is 349 g/mol. The number of hydrogen-bond donors (Lipinski definition) is 0. The predicted octanol–water partition coefficient (Wildman–Crippen LogP) is 1.30. The van der Waals surface area contributed by atoms with Crippen molar-refractivity contribution in [2.45, 2.75) is 13.8 Å². The number of hydrogen-bond acceptors (Lipinski definition) is 5. The number of allylic oxidation sites excluding steroid dienone is 2. The van der Waals surface area contributed by atoms with Crippen LogP contribution in [0.3, 0.4) is 0 Å². The largest absolute Gasteiger partial charge is 0.443 e. The van der Waals surface area contributed by atoms with Crippen LogP contribution in [0.25, 0.3) is 0 Å². The van der Waals surface area contributed by atoms with Crippen molar-refractivity contribution in [1.29, 1.82) is 5.26 Å². The number of halogens is 1. The number of carbonyl (C=O) groups is 3. The molecule has 7 nitrogen and oxygen atoms in total. The minimum atomic E-state index is -0.579. The normalized spacial score (nSPS) is 25.3. The van der Waals surface area contributed by atoms with Gasteiger partial charge in [-0.05, 0) is 11.3 Å². The summed E-state index contributed by atoms with van der Waals surface area (Å²) in [6, 6.07) is 1.22. The first-order chi connectivity index (χ1) is 11.2. The maximum absolute atomic E-state index is 12.2. The third-order valence-corrected chi connectivity index (χ3v) is 4.55. The van der Waals surface area contributed by atoms with Crippen molar-refractivity contribution in [2.24, 2.45) is 17.3 Å². The van der Waals surface area contributed by atoms with Crippen LogP contribution in [0.2, 0.25) is 0 Å². The number of urea groups is 1. The molecule has 1 heterocycles. The van der Waals surface area contributed by atoms with Gasteiger partial charge in [-0.2, -0.15) is 5.26 Å². The lowest BCUT2D eigenvalue weighted by molar-refractivity contribution is -0.151. The Morgan fingerprint density at radius 2 is 2.21 bits per heavy atom. The topological polar surface area (TPSA) is 90.7 Å². The molecule has 1 aliphatic carbocycles. The Morgan fingerprint density at radius 3 is 2.79 bits per heavy atom. The van der Waals surface area contributed by atoms with Gasteiger partial charge in [-0.25, -0.2) is 9.69 Å². The summed E-state index contributed by atoms with van der Waals surface area (Å²) in [5, 5.41) is 8.73. The molecule has 24 heavy (non-hydrogen) atoms. The second-order valence-electron chi connectivity index (χ2n) is 6.21. The van der Waals surface area contributed by atoms with Gasteiger partial charge in [0.2, 0.25) is 0 Å². The van der Waals surface area contributed by atoms with E-state index in [1.54, 1.807) is 6.07 Å². The lowest BCUT2D eigenvalue weighted by Gasteiger charge is -2.15. The van der Waals surface area contributed by atoms with Crippen LogP contribution in [-0.4, -0.2) is 47.5 Å². The molecule has 2 fully saturated rings. The average molecular weight is 350 g/mol. The molecule has 3 amide bonds. The van der Waals surface area contributed by atoms with Crippen molar-refractivity contribution >= 4 is 29.5 Å². The van der Waals surface area contributed by atoms with Gasteiger partial charge < -0.3 is 9.64 Å². The Balaban J connectivity index is 1.95. The fourth-order valence-electron chi connectivity index (χ4n) is 2.81. The van der Waals surface area contributed by atoms with E-state index in [0.29, 0.717) is 0 Å². The number of rotatable bonds is 5. The summed E-state index contributed by atoms with van der Waals surface area (Å²) in [5.41, 5.74) is -0.400. The van der Waals surface area contributed by atoms with Crippen LogP contribution in [0.15, 0.2) is 11.1 Å². The molecule has 1 saturated carbocycles. The number of terminal acetylenes is 1. The van der Waals surface area contributed by atoms with Crippen LogP contribution >= 0.6 is 11.6 Å². The highest BCUT2D eigenvalue weighted by molar-refractivity contribution is 6.31. The van der Waals surface area contributed by atoms with Gasteiger partial charge in [0.1, 0.15) is 17.6 Å². The van der Waals surface area contributed by atoms with Crippen molar-refractivity contribution in [1.82, 2.24) is 9.80 Å². The predicted molar refractivity (Wildman–Crippen MR) is 83.9 cm³/mol. The van der Waals surface area contributed by atoms with E-state index in [2.05, 4.69) is 5.92 Å². The van der Waals surface area contributed by atoms with Gasteiger partial charge in [0.25, 0.3) is 5.91 Å². The zero-order valence-electron chi connectivity index (χ0n) is 13.3. The molecular formula is C16H16ClN3O4. The van der Waals surface area contributed by atoms with Crippen molar-refractivity contribution in [3.63, 3.8) is 0 Å². The molecule has 0 radical (unpaired) electrons. The zero-order valence-corrected chi connectivity index (χ0v) is 14.0. The van der Waals surface area contributed by atoms with Crippen molar-refractivity contribution in [3.8, 4) is 18.4 Å². The van der Waals surface area contributed by atoms with Crippen LogP contribution < -0.4 is 0 Å². The van der Waals surface area contributed by atoms with Crippen LogP contribution in [-0.2, 0) is 14.3 Å². The van der Waals surface area contributed by atoms with Crippen LogP contribution in [0.1, 0.15) is 13.8 Å². The summed E-state index contributed by atoms with van der Waals surface area (Å²) >= 11 is 5.69. The summed E-state index contributed by atoms with van der Waals surface area (Å²) in [5.74, 6) is 0.576. The van der Waals surface area contributed by atoms with Crippen LogP contribution in [0.4, 0.5) is 4.79 Å². The van der Waals surface area contributed by atoms with Gasteiger partial charge in [-0.1, -0.05) is 37.4 Å². The molecule has 1 aliphatic heterocycles. The molecule has 0 unspecified atom stereocenters. The third kappa shape index (κ3) is 3.22. The maximum Gasteiger partial charge on any atom is 0.330 e. The van der Waals surface area contributed by atoms with E-state index < -0.39 is 36.0 Å². The Hall–Kier alpha value is -2.51. The molecule has 2 atom stereocenters. The standard InChI is InChI=1S/C16H16ClN3O4/c1-4-5-19-8-12(21)20(15(19)23)9-24-14(22)13-11(16(13,2)3)6-10(17)7-18/h1,6,11,13H,5,8-9H2,2-3H3/b10-6+/t11-,13-/m0/s1. The van der Waals surface area contributed by atoms with Crippen LogP contribution in [0, 0.1) is 40.9 Å². The molecule has 126 valence electrons. The van der Waals surface area contributed by atoms with E-state index in [0.717, 1.165) is 4.90 Å². The molecule has 8 heteroatoms. The number of nitrogens with zero attached hydrogens (tertiary/aromatic N) is 3. The number of nitriles is 1. The Labute approximate surface area is 144 Å². The van der Waals surface area contributed by atoms with Gasteiger partial charge in [-0.3, -0.25) is 9.59 Å². The molecular weight excluding hydrogens is 334 g/mol. The van der Waals surface area contributed by atoms with E-state index >= 15 is 0 Å². The van der Waals surface area contributed by atoms with Gasteiger partial charge >= 0.3 is 12.0 Å². The number of carbonyl (C=O) groups excluding carboxylic acids is 3. The molecule has 0 aromatic rings. The van der Waals surface area contributed by atoms with Gasteiger partial charge in [-0.15, -0.1) is 6.42 Å². The lowest BCUT2D eigenvalue weighted by atomic mass is 10.1. The quantitative estimate of drug-likeness (QED) is 0.323. The molecule has 2 aliphatic rings. The molecule has 0 aromatic heterocycles. The highest BCUT2D eigenvalue weighted by atomic mass is 35.5. The van der Waals surface area contributed by atoms with Crippen molar-refractivity contribution in [2.75, 3.05) is 19.8 Å². The fraction of sp³-hybridized carbons (Fsp3) is 0.500. The van der Waals surface area contributed by atoms with Gasteiger partial charge in [0.05, 0.1) is 12.5 Å². The second kappa shape index (κ2) is 6.54. The highest BCUT2D eigenvalue weighted by Crippen LogP contribution is 2.59. The smallest absolute Gasteiger partial charge is 0.330 e. The minimum Gasteiger partial charge on any atom is -0.443 e. The zero-order chi connectivity index (χ0) is 18.1. The van der Waals surface area contributed by atoms with E-state index in [1.165, 1.54) is 11.0 Å². The van der Waals surface area contributed by atoms with Crippen molar-refractivity contribution < 1.29 is 19.1 Å². The number of esters is 1. The summed E-state index contributed by atoms with van der Waals surface area (Å²) in [7, 11) is 0. The fourth-order valence-corrected chi connectivity index (χ4v) is 2.94. The third-order valence-electron chi connectivity index (χ3n) is 4.34. The Bertz CT molecular complexity index is 701. The Kier molecular flexibility index (Phi) is 4.86. The van der Waals surface area contributed by atoms with Gasteiger partial charge in [0, 0.05) is 0 Å². The summed E-state index contributed by atoms with van der Waals surface area (Å²) in [6.45, 7) is 3.14. The number of ether oxygens (including phenoxy) is 1. The maximum atomic E-state index is 12.2. The summed E-state index contributed by atoms with van der Waals surface area (Å²) < 4.78 is 5.11. The van der Waals surface area contributed by atoms with E-state index in [-0.39, 0.29) is 24.0 Å².